The number of halogens is 1. The highest BCUT2D eigenvalue weighted by Crippen LogP contribution is 2.48. The molecule has 1 aliphatic heterocycles. The summed E-state index contributed by atoms with van der Waals surface area (Å²) in [5, 5.41) is 9.65. The largest absolute Gasteiger partial charge is 0.357 e. The lowest BCUT2D eigenvalue weighted by atomic mass is 9.90. The molecule has 0 aromatic heterocycles. The molecular formula is C23H27FN4O. The maximum Gasteiger partial charge on any atom is 0.225 e. The summed E-state index contributed by atoms with van der Waals surface area (Å²) >= 11 is 0. The third-order valence-corrected chi connectivity index (χ3v) is 5.82. The molecular weight excluding hydrogens is 367 g/mol. The first-order valence-corrected chi connectivity index (χ1v) is 10.3. The third-order valence-electron chi connectivity index (χ3n) is 5.82. The van der Waals surface area contributed by atoms with Crippen LogP contribution in [0.25, 0.3) is 0 Å². The van der Waals surface area contributed by atoms with E-state index < -0.39 is 0 Å². The van der Waals surface area contributed by atoms with E-state index in [-0.39, 0.29) is 23.1 Å². The first-order chi connectivity index (χ1) is 14.1. The van der Waals surface area contributed by atoms with E-state index in [1.165, 1.54) is 12.1 Å². The van der Waals surface area contributed by atoms with E-state index in [1.54, 1.807) is 0 Å². The zero-order valence-corrected chi connectivity index (χ0v) is 16.7. The average Bonchev–Trinajstić information content (AvgIpc) is 3.51. The number of rotatable bonds is 6. The molecule has 29 heavy (non-hydrogen) atoms. The van der Waals surface area contributed by atoms with Gasteiger partial charge in [0, 0.05) is 36.5 Å². The summed E-state index contributed by atoms with van der Waals surface area (Å²) in [7, 11) is 0. The number of nitrogens with one attached hydrogen (secondary N) is 3. The summed E-state index contributed by atoms with van der Waals surface area (Å²) in [6.45, 7) is 4.10. The van der Waals surface area contributed by atoms with Crippen molar-refractivity contribution >= 4 is 17.6 Å². The number of aliphatic imine (C=N–C) groups is 1. The van der Waals surface area contributed by atoms with Crippen LogP contribution in [0.4, 0.5) is 10.1 Å². The molecule has 4 rings (SSSR count). The van der Waals surface area contributed by atoms with Gasteiger partial charge in [-0.05, 0) is 49.1 Å². The number of guanidine groups is 1. The maximum absolute atomic E-state index is 13.2. The highest BCUT2D eigenvalue weighted by Gasteiger charge is 2.44. The van der Waals surface area contributed by atoms with Crippen LogP contribution in [0.3, 0.4) is 0 Å². The molecule has 0 radical (unpaired) electrons. The number of carbonyl (C=O) groups excluding carboxylic acids is 1. The van der Waals surface area contributed by atoms with Crippen LogP contribution in [-0.2, 0) is 10.2 Å². The van der Waals surface area contributed by atoms with Crippen LogP contribution in [0.15, 0.2) is 53.5 Å². The summed E-state index contributed by atoms with van der Waals surface area (Å²) in [4.78, 5) is 16.8. The molecule has 2 aliphatic rings. The maximum atomic E-state index is 13.2. The zero-order chi connectivity index (χ0) is 20.3. The minimum Gasteiger partial charge on any atom is -0.357 e. The van der Waals surface area contributed by atoms with Crippen molar-refractivity contribution in [3.05, 3.63) is 65.5 Å². The van der Waals surface area contributed by atoms with Crippen molar-refractivity contribution in [3.63, 3.8) is 0 Å². The minimum absolute atomic E-state index is 0.0212. The molecule has 3 N–H and O–H groups in total. The Kier molecular flexibility index (Phi) is 5.51. The molecule has 1 atom stereocenters. The van der Waals surface area contributed by atoms with Crippen molar-refractivity contribution < 1.29 is 9.18 Å². The van der Waals surface area contributed by atoms with E-state index in [0.717, 1.165) is 42.2 Å². The molecule has 2 aromatic rings. The normalized spacial score (nSPS) is 19.9. The Morgan fingerprint density at radius 3 is 2.66 bits per heavy atom. The number of hydrogen-bond acceptors (Lipinski definition) is 2. The number of para-hydroxylation sites is 1. The van der Waals surface area contributed by atoms with Gasteiger partial charge in [-0.15, -0.1) is 0 Å². The predicted molar refractivity (Wildman–Crippen MR) is 114 cm³/mol. The number of amides is 1. The Bertz CT molecular complexity index is 905. The van der Waals surface area contributed by atoms with Crippen molar-refractivity contribution in [2.45, 2.75) is 37.5 Å². The van der Waals surface area contributed by atoms with Crippen molar-refractivity contribution in [1.29, 1.82) is 0 Å². The van der Waals surface area contributed by atoms with Gasteiger partial charge >= 0.3 is 0 Å². The molecule has 0 saturated heterocycles. The molecule has 1 unspecified atom stereocenters. The molecule has 2 aromatic carbocycles. The van der Waals surface area contributed by atoms with Gasteiger partial charge in [0.1, 0.15) is 5.82 Å². The van der Waals surface area contributed by atoms with Gasteiger partial charge in [-0.1, -0.05) is 30.3 Å². The van der Waals surface area contributed by atoms with E-state index in [9.17, 15) is 9.18 Å². The van der Waals surface area contributed by atoms with E-state index >= 15 is 0 Å². The molecule has 0 bridgehead atoms. The standard InChI is InChI=1S/C23H27FN4O/c1-2-25-22(27-15-23(11-12-23)17-7-9-18(24)10-8-17)26-14-16-13-21(29)28-20-6-4-3-5-19(16)20/h3-10,16H,2,11-15H2,1H3,(H,28,29)(H2,25,26,27). The van der Waals surface area contributed by atoms with Gasteiger partial charge < -0.3 is 16.0 Å². The van der Waals surface area contributed by atoms with Crippen molar-refractivity contribution in [2.75, 3.05) is 25.0 Å². The Morgan fingerprint density at radius 2 is 1.93 bits per heavy atom. The summed E-state index contributed by atoms with van der Waals surface area (Å²) < 4.78 is 13.2. The molecule has 6 heteroatoms. The molecule has 1 heterocycles. The quantitative estimate of drug-likeness (QED) is 0.519. The van der Waals surface area contributed by atoms with Crippen LogP contribution in [0, 0.1) is 5.82 Å². The van der Waals surface area contributed by atoms with Gasteiger partial charge in [-0.25, -0.2) is 4.39 Å². The Labute approximate surface area is 170 Å². The number of nitrogens with zero attached hydrogens (tertiary/aromatic N) is 1. The molecule has 0 spiro atoms. The number of benzene rings is 2. The van der Waals surface area contributed by atoms with Crippen LogP contribution in [0.2, 0.25) is 0 Å². The first-order valence-electron chi connectivity index (χ1n) is 10.3. The van der Waals surface area contributed by atoms with Gasteiger partial charge in [0.15, 0.2) is 5.96 Å². The summed E-state index contributed by atoms with van der Waals surface area (Å²) in [5.41, 5.74) is 3.22. The van der Waals surface area contributed by atoms with Crippen molar-refractivity contribution in [3.8, 4) is 0 Å². The van der Waals surface area contributed by atoms with Gasteiger partial charge in [0.05, 0.1) is 6.54 Å². The summed E-state index contributed by atoms with van der Waals surface area (Å²) in [6, 6.07) is 14.7. The molecule has 5 nitrogen and oxygen atoms in total. The van der Waals surface area contributed by atoms with Gasteiger partial charge in [-0.2, -0.15) is 0 Å². The highest BCUT2D eigenvalue weighted by molar-refractivity contribution is 5.94. The Balaban J connectivity index is 1.43. The fourth-order valence-corrected chi connectivity index (χ4v) is 3.97. The van der Waals surface area contributed by atoms with Gasteiger partial charge in [0.25, 0.3) is 0 Å². The molecule has 1 aliphatic carbocycles. The number of anilines is 1. The Morgan fingerprint density at radius 1 is 1.17 bits per heavy atom. The molecule has 1 saturated carbocycles. The number of fused-ring (bicyclic) bond motifs is 1. The van der Waals surface area contributed by atoms with Crippen LogP contribution < -0.4 is 16.0 Å². The van der Waals surface area contributed by atoms with Crippen LogP contribution in [0.1, 0.15) is 43.2 Å². The van der Waals surface area contributed by atoms with E-state index in [0.29, 0.717) is 19.5 Å². The highest BCUT2D eigenvalue weighted by atomic mass is 19.1. The van der Waals surface area contributed by atoms with E-state index in [4.69, 9.17) is 4.99 Å². The van der Waals surface area contributed by atoms with Gasteiger partial charge in [-0.3, -0.25) is 9.79 Å². The van der Waals surface area contributed by atoms with Crippen molar-refractivity contribution in [1.82, 2.24) is 10.6 Å². The van der Waals surface area contributed by atoms with Crippen LogP contribution in [0.5, 0.6) is 0 Å². The molecule has 152 valence electrons. The lowest BCUT2D eigenvalue weighted by Gasteiger charge is -2.26. The van der Waals surface area contributed by atoms with Crippen LogP contribution in [-0.4, -0.2) is 31.5 Å². The fourth-order valence-electron chi connectivity index (χ4n) is 3.97. The SMILES string of the molecule is CCNC(=NCC1(c2ccc(F)cc2)CC1)NCC1CC(=O)Nc2ccccc21. The third kappa shape index (κ3) is 4.42. The van der Waals surface area contributed by atoms with E-state index in [2.05, 4.69) is 22.0 Å². The monoisotopic (exact) mass is 394 g/mol. The smallest absolute Gasteiger partial charge is 0.225 e. The first kappa shape index (κ1) is 19.4. The second-order valence-corrected chi connectivity index (χ2v) is 7.90. The number of hydrogen-bond donors (Lipinski definition) is 3. The zero-order valence-electron chi connectivity index (χ0n) is 16.7. The number of carbonyl (C=O) groups is 1. The predicted octanol–water partition coefficient (Wildman–Crippen LogP) is 3.54. The average molecular weight is 394 g/mol. The minimum atomic E-state index is -0.208. The topological polar surface area (TPSA) is 65.5 Å². The van der Waals surface area contributed by atoms with E-state index in [1.807, 2.05) is 37.3 Å². The summed E-state index contributed by atoms with van der Waals surface area (Å²) in [5.74, 6) is 0.700. The fraction of sp³-hybridized carbons (Fsp3) is 0.391. The second kappa shape index (κ2) is 8.23. The Hall–Kier alpha value is -2.89. The lowest BCUT2D eigenvalue weighted by molar-refractivity contribution is -0.116. The second-order valence-electron chi connectivity index (χ2n) is 7.90. The summed E-state index contributed by atoms with van der Waals surface area (Å²) in [6.07, 6.45) is 2.60. The van der Waals surface area contributed by atoms with Crippen LogP contribution >= 0.6 is 0 Å². The van der Waals surface area contributed by atoms with Gasteiger partial charge in [0.2, 0.25) is 5.91 Å². The van der Waals surface area contributed by atoms with Crippen molar-refractivity contribution in [2.24, 2.45) is 4.99 Å². The molecule has 1 fully saturated rings. The lowest BCUT2D eigenvalue weighted by Crippen LogP contribution is -2.41. The molecule has 1 amide bonds.